The molecule has 5 nitrogen and oxygen atoms in total. The van der Waals surface area contributed by atoms with Gasteiger partial charge in [-0.2, -0.15) is 0 Å². The van der Waals surface area contributed by atoms with Crippen LogP contribution in [-0.4, -0.2) is 36.3 Å². The van der Waals surface area contributed by atoms with Gasteiger partial charge in [0.2, 0.25) is 0 Å². The summed E-state index contributed by atoms with van der Waals surface area (Å²) in [5.41, 5.74) is 0.638. The van der Waals surface area contributed by atoms with Crippen LogP contribution in [0.4, 0.5) is 4.79 Å². The monoisotopic (exact) mass is 393 g/mol. The highest BCUT2D eigenvalue weighted by Gasteiger charge is 2.34. The fraction of sp³-hybridized carbons (Fsp3) is 0.368. The number of carbonyl (C=O) groups is 2. The second-order valence-corrected chi connectivity index (χ2v) is 6.97. The van der Waals surface area contributed by atoms with Crippen LogP contribution in [0.1, 0.15) is 31.7 Å². The molecule has 1 fully saturated rings. The van der Waals surface area contributed by atoms with Crippen LogP contribution in [0.2, 0.25) is 5.02 Å². The highest BCUT2D eigenvalue weighted by Crippen LogP contribution is 2.39. The lowest BCUT2D eigenvalue weighted by Gasteiger charge is -2.12. The smallest absolute Gasteiger partial charge is 0.293 e. The van der Waals surface area contributed by atoms with Crippen molar-refractivity contribution in [1.29, 1.82) is 0 Å². The Morgan fingerprint density at radius 3 is 2.77 bits per heavy atom. The van der Waals surface area contributed by atoms with Gasteiger partial charge in [-0.05, 0) is 42.0 Å². The van der Waals surface area contributed by atoms with Crippen LogP contribution in [0, 0.1) is 12.3 Å². The Hall–Kier alpha value is -2.10. The van der Waals surface area contributed by atoms with Crippen molar-refractivity contribution in [2.75, 3.05) is 20.3 Å². The summed E-state index contributed by atoms with van der Waals surface area (Å²) in [4.78, 5) is 26.2. The third-order valence-electron chi connectivity index (χ3n) is 3.71. The molecule has 0 N–H and O–H groups in total. The molecule has 0 unspecified atom stereocenters. The first-order chi connectivity index (χ1) is 12.5. The number of ether oxygens (including phenoxy) is 2. The first-order valence-electron chi connectivity index (χ1n) is 8.21. The molecule has 1 aliphatic rings. The van der Waals surface area contributed by atoms with Gasteiger partial charge in [0.25, 0.3) is 11.1 Å². The van der Waals surface area contributed by atoms with Crippen LogP contribution >= 0.6 is 23.4 Å². The fourth-order valence-electron chi connectivity index (χ4n) is 2.44. The van der Waals surface area contributed by atoms with Crippen LogP contribution in [0.15, 0.2) is 17.0 Å². The molecule has 1 aliphatic heterocycles. The third kappa shape index (κ3) is 4.75. The highest BCUT2D eigenvalue weighted by molar-refractivity contribution is 8.18. The summed E-state index contributed by atoms with van der Waals surface area (Å²) >= 11 is 7.17. The van der Waals surface area contributed by atoms with Crippen molar-refractivity contribution in [3.63, 3.8) is 0 Å². The minimum atomic E-state index is -0.279. The second-order valence-electron chi connectivity index (χ2n) is 5.57. The van der Waals surface area contributed by atoms with Crippen LogP contribution in [-0.2, 0) is 4.79 Å². The van der Waals surface area contributed by atoms with E-state index in [9.17, 15) is 9.59 Å². The van der Waals surface area contributed by atoms with E-state index in [1.807, 2.05) is 0 Å². The van der Waals surface area contributed by atoms with E-state index in [2.05, 4.69) is 12.8 Å². The minimum absolute atomic E-state index is 0.0616. The first kappa shape index (κ1) is 20.2. The summed E-state index contributed by atoms with van der Waals surface area (Å²) in [5, 5.41) is 0.0670. The molecule has 2 amide bonds. The topological polar surface area (TPSA) is 55.8 Å². The van der Waals surface area contributed by atoms with Gasteiger partial charge in [0.05, 0.1) is 17.0 Å². The molecule has 0 bridgehead atoms. The molecule has 0 aromatic heterocycles. The van der Waals surface area contributed by atoms with Crippen molar-refractivity contribution < 1.29 is 19.1 Å². The third-order valence-corrected chi connectivity index (χ3v) is 4.90. The first-order valence-corrected chi connectivity index (χ1v) is 9.40. The Labute approximate surface area is 162 Å². The SMILES string of the molecule is C#CCOc1c(Cl)cc(/C=C2\SC(=O)N(CCCCC)C2=O)cc1OC. The van der Waals surface area contributed by atoms with E-state index in [0.29, 0.717) is 33.5 Å². The number of hydrogen-bond donors (Lipinski definition) is 0. The van der Waals surface area contributed by atoms with Gasteiger partial charge in [-0.3, -0.25) is 14.5 Å². The van der Waals surface area contributed by atoms with Gasteiger partial charge in [0.1, 0.15) is 6.61 Å². The molecule has 1 heterocycles. The van der Waals surface area contributed by atoms with Crippen LogP contribution in [0.5, 0.6) is 11.5 Å². The number of halogens is 1. The van der Waals surface area contributed by atoms with E-state index in [1.54, 1.807) is 18.2 Å². The van der Waals surface area contributed by atoms with Gasteiger partial charge in [-0.25, -0.2) is 0 Å². The van der Waals surface area contributed by atoms with Crippen molar-refractivity contribution in [2.24, 2.45) is 0 Å². The lowest BCUT2D eigenvalue weighted by atomic mass is 10.1. The van der Waals surface area contributed by atoms with Gasteiger partial charge in [0.15, 0.2) is 11.5 Å². The Morgan fingerprint density at radius 2 is 2.12 bits per heavy atom. The average molecular weight is 394 g/mol. The van der Waals surface area contributed by atoms with E-state index in [-0.39, 0.29) is 17.8 Å². The molecule has 7 heteroatoms. The van der Waals surface area contributed by atoms with Gasteiger partial charge >= 0.3 is 0 Å². The quantitative estimate of drug-likeness (QED) is 0.367. The van der Waals surface area contributed by atoms with Crippen LogP contribution in [0.3, 0.4) is 0 Å². The minimum Gasteiger partial charge on any atom is -0.493 e. The zero-order valence-electron chi connectivity index (χ0n) is 14.7. The Bertz CT molecular complexity index is 770. The molecule has 0 radical (unpaired) electrons. The number of nitrogens with zero attached hydrogens (tertiary/aromatic N) is 1. The lowest BCUT2D eigenvalue weighted by molar-refractivity contribution is -0.122. The van der Waals surface area contributed by atoms with Gasteiger partial charge < -0.3 is 9.47 Å². The van der Waals surface area contributed by atoms with E-state index in [0.717, 1.165) is 31.0 Å². The van der Waals surface area contributed by atoms with Crippen molar-refractivity contribution in [3.05, 3.63) is 27.6 Å². The summed E-state index contributed by atoms with van der Waals surface area (Å²) in [6.45, 7) is 2.58. The molecule has 0 saturated carbocycles. The molecular formula is C19H20ClNO4S. The fourth-order valence-corrected chi connectivity index (χ4v) is 3.58. The molecule has 1 aromatic carbocycles. The standard InChI is InChI=1S/C19H20ClNO4S/c1-4-6-7-8-21-18(22)16(26-19(21)23)12-13-10-14(20)17(25-9-5-2)15(11-13)24-3/h2,10-12H,4,6-9H2,1,3H3/b16-12-. The van der Waals surface area contributed by atoms with Gasteiger partial charge in [-0.15, -0.1) is 6.42 Å². The number of benzene rings is 1. The molecule has 0 spiro atoms. The van der Waals surface area contributed by atoms with E-state index in [4.69, 9.17) is 27.5 Å². The van der Waals surface area contributed by atoms with Crippen molar-refractivity contribution in [2.45, 2.75) is 26.2 Å². The van der Waals surface area contributed by atoms with E-state index < -0.39 is 0 Å². The van der Waals surface area contributed by atoms with E-state index in [1.165, 1.54) is 12.0 Å². The number of hydrogen-bond acceptors (Lipinski definition) is 5. The predicted octanol–water partition coefficient (Wildman–Crippen LogP) is 4.59. The Morgan fingerprint density at radius 1 is 1.35 bits per heavy atom. The van der Waals surface area contributed by atoms with E-state index >= 15 is 0 Å². The molecule has 138 valence electrons. The zero-order valence-corrected chi connectivity index (χ0v) is 16.3. The van der Waals surface area contributed by atoms with Crippen LogP contribution in [0.25, 0.3) is 6.08 Å². The van der Waals surface area contributed by atoms with Crippen molar-refractivity contribution in [3.8, 4) is 23.8 Å². The summed E-state index contributed by atoms with van der Waals surface area (Å²) in [6.07, 6.45) is 9.64. The summed E-state index contributed by atoms with van der Waals surface area (Å²) in [6, 6.07) is 3.32. The number of rotatable bonds is 8. The normalized spacial score (nSPS) is 15.5. The second kappa shape index (κ2) is 9.56. The maximum Gasteiger partial charge on any atom is 0.293 e. The zero-order chi connectivity index (χ0) is 19.1. The predicted molar refractivity (Wildman–Crippen MR) is 105 cm³/mol. The number of carbonyl (C=O) groups excluding carboxylic acids is 2. The Balaban J connectivity index is 2.24. The summed E-state index contributed by atoms with van der Waals surface area (Å²) in [7, 11) is 1.49. The summed E-state index contributed by atoms with van der Waals surface area (Å²) in [5.74, 6) is 2.83. The number of amides is 2. The van der Waals surface area contributed by atoms with Gasteiger partial charge in [0, 0.05) is 6.54 Å². The lowest BCUT2D eigenvalue weighted by Crippen LogP contribution is -2.29. The number of terminal acetylenes is 1. The Kier molecular flexibility index (Phi) is 7.43. The molecular weight excluding hydrogens is 374 g/mol. The number of methoxy groups -OCH3 is 1. The molecule has 1 aromatic rings. The largest absolute Gasteiger partial charge is 0.493 e. The molecule has 1 saturated heterocycles. The maximum atomic E-state index is 12.5. The maximum absolute atomic E-state index is 12.5. The molecule has 2 rings (SSSR count). The number of unbranched alkanes of at least 4 members (excludes halogenated alkanes) is 2. The molecule has 26 heavy (non-hydrogen) atoms. The molecule has 0 atom stereocenters. The van der Waals surface area contributed by atoms with Gasteiger partial charge in [-0.1, -0.05) is 37.3 Å². The summed E-state index contributed by atoms with van der Waals surface area (Å²) < 4.78 is 10.7. The number of imide groups is 1. The van der Waals surface area contributed by atoms with Crippen molar-refractivity contribution >= 4 is 40.6 Å². The van der Waals surface area contributed by atoms with Crippen molar-refractivity contribution in [1.82, 2.24) is 4.90 Å². The molecule has 0 aliphatic carbocycles. The average Bonchev–Trinajstić information content (AvgIpc) is 2.88. The number of thioether (sulfide) groups is 1. The highest BCUT2D eigenvalue weighted by atomic mass is 35.5. The van der Waals surface area contributed by atoms with Crippen LogP contribution < -0.4 is 9.47 Å².